The molecule has 0 unspecified atom stereocenters. The van der Waals surface area contributed by atoms with Gasteiger partial charge in [-0.3, -0.25) is 9.89 Å². The van der Waals surface area contributed by atoms with Crippen LogP contribution in [0, 0.1) is 0 Å². The zero-order valence-corrected chi connectivity index (χ0v) is 17.1. The number of hydrogen-bond acceptors (Lipinski definition) is 4. The van der Waals surface area contributed by atoms with Crippen molar-refractivity contribution in [3.63, 3.8) is 0 Å². The van der Waals surface area contributed by atoms with Crippen molar-refractivity contribution in [3.05, 3.63) is 47.8 Å². The summed E-state index contributed by atoms with van der Waals surface area (Å²) < 4.78 is 13.0. The molecule has 0 spiro atoms. The molecule has 7 nitrogen and oxygen atoms in total. The maximum absolute atomic E-state index is 5.45. The predicted octanol–water partition coefficient (Wildman–Crippen LogP) is 1.73. The first-order valence-electron chi connectivity index (χ1n) is 9.75. The van der Waals surface area contributed by atoms with Gasteiger partial charge in [-0.15, -0.1) is 0 Å². The van der Waals surface area contributed by atoms with Gasteiger partial charge in [0.15, 0.2) is 17.5 Å². The molecular formula is C21H31N5O2. The van der Waals surface area contributed by atoms with Crippen LogP contribution in [-0.2, 0) is 19.5 Å². The summed E-state index contributed by atoms with van der Waals surface area (Å²) in [7, 11) is 5.18. The van der Waals surface area contributed by atoms with Crippen LogP contribution in [-0.4, -0.2) is 62.9 Å². The Kier molecular flexibility index (Phi) is 7.19. The maximum atomic E-state index is 5.45. The Bertz CT molecular complexity index is 773. The highest BCUT2D eigenvalue weighted by Crippen LogP contribution is 2.33. The summed E-state index contributed by atoms with van der Waals surface area (Å²) in [5, 5.41) is 6.76. The van der Waals surface area contributed by atoms with E-state index >= 15 is 0 Å². The molecule has 1 aliphatic heterocycles. The van der Waals surface area contributed by atoms with E-state index in [9.17, 15) is 0 Å². The van der Waals surface area contributed by atoms with Crippen LogP contribution in [0.3, 0.4) is 0 Å². The lowest BCUT2D eigenvalue weighted by Crippen LogP contribution is -2.43. The summed E-state index contributed by atoms with van der Waals surface area (Å²) in [5.74, 6) is 2.45. The van der Waals surface area contributed by atoms with Crippen molar-refractivity contribution in [2.45, 2.75) is 19.5 Å². The van der Waals surface area contributed by atoms with E-state index in [1.165, 1.54) is 11.1 Å². The number of fused-ring (bicyclic) bond motifs is 1. The summed E-state index contributed by atoms with van der Waals surface area (Å²) in [5.41, 5.74) is 2.67. The van der Waals surface area contributed by atoms with Gasteiger partial charge in [0, 0.05) is 58.7 Å². The predicted molar refractivity (Wildman–Crippen MR) is 112 cm³/mol. The number of nitrogens with zero attached hydrogens (tertiary/aromatic N) is 3. The maximum Gasteiger partial charge on any atom is 0.191 e. The Balaban J connectivity index is 1.44. The summed E-state index contributed by atoms with van der Waals surface area (Å²) in [4.78, 5) is 6.76. The largest absolute Gasteiger partial charge is 0.493 e. The van der Waals surface area contributed by atoms with Crippen molar-refractivity contribution in [3.8, 4) is 11.5 Å². The molecule has 0 saturated heterocycles. The van der Waals surface area contributed by atoms with E-state index in [4.69, 9.17) is 9.47 Å². The number of hydrogen-bond donors (Lipinski definition) is 2. The first-order chi connectivity index (χ1) is 13.7. The van der Waals surface area contributed by atoms with Gasteiger partial charge in [0.05, 0.1) is 14.2 Å². The third-order valence-corrected chi connectivity index (χ3v) is 5.07. The van der Waals surface area contributed by atoms with E-state index in [0.717, 1.165) is 63.1 Å². The van der Waals surface area contributed by atoms with Crippen LogP contribution in [0.15, 0.2) is 41.7 Å². The van der Waals surface area contributed by atoms with Crippen molar-refractivity contribution < 1.29 is 9.47 Å². The zero-order chi connectivity index (χ0) is 19.8. The Morgan fingerprint density at radius 2 is 1.64 bits per heavy atom. The molecule has 1 aromatic carbocycles. The molecule has 0 atom stereocenters. The van der Waals surface area contributed by atoms with Gasteiger partial charge < -0.3 is 24.7 Å². The molecule has 0 saturated carbocycles. The van der Waals surface area contributed by atoms with Crippen LogP contribution in [0.2, 0.25) is 0 Å². The van der Waals surface area contributed by atoms with Gasteiger partial charge in [0.1, 0.15) is 0 Å². The number of nitrogens with one attached hydrogen (secondary N) is 2. The zero-order valence-electron chi connectivity index (χ0n) is 17.1. The Hall–Kier alpha value is -2.67. The fourth-order valence-electron chi connectivity index (χ4n) is 3.51. The van der Waals surface area contributed by atoms with E-state index in [2.05, 4.69) is 49.6 Å². The van der Waals surface area contributed by atoms with Crippen LogP contribution in [0.25, 0.3) is 0 Å². The van der Waals surface area contributed by atoms with E-state index in [-0.39, 0.29) is 0 Å². The molecule has 152 valence electrons. The fourth-order valence-corrected chi connectivity index (χ4v) is 3.51. The molecule has 0 radical (unpaired) electrons. The van der Waals surface area contributed by atoms with E-state index < -0.39 is 0 Å². The number of rotatable bonds is 8. The second kappa shape index (κ2) is 10.0. The minimum absolute atomic E-state index is 0.800. The lowest BCUT2D eigenvalue weighted by molar-refractivity contribution is 0.256. The number of guanidine groups is 1. The molecule has 7 heteroatoms. The summed E-state index contributed by atoms with van der Waals surface area (Å²) in [6, 6.07) is 8.29. The third-order valence-electron chi connectivity index (χ3n) is 5.07. The topological polar surface area (TPSA) is 63.1 Å². The van der Waals surface area contributed by atoms with Crippen molar-refractivity contribution >= 4 is 5.96 Å². The second-order valence-electron chi connectivity index (χ2n) is 6.85. The second-order valence-corrected chi connectivity index (χ2v) is 6.85. The van der Waals surface area contributed by atoms with E-state index in [0.29, 0.717) is 0 Å². The van der Waals surface area contributed by atoms with Gasteiger partial charge in [-0.05, 0) is 41.8 Å². The third kappa shape index (κ3) is 5.19. The Labute approximate surface area is 167 Å². The number of methoxy groups -OCH3 is 2. The SMILES string of the molecule is CN=C(NCCN1CCc2cc(OC)c(OC)cc2C1)NCCn1cccc1. The van der Waals surface area contributed by atoms with Crippen LogP contribution < -0.4 is 20.1 Å². The highest BCUT2D eigenvalue weighted by Gasteiger charge is 2.19. The van der Waals surface area contributed by atoms with Crippen molar-refractivity contribution in [1.29, 1.82) is 0 Å². The molecule has 0 fully saturated rings. The van der Waals surface area contributed by atoms with Gasteiger partial charge in [-0.25, -0.2) is 0 Å². The Morgan fingerprint density at radius 1 is 1.00 bits per heavy atom. The van der Waals surface area contributed by atoms with Crippen LogP contribution in [0.4, 0.5) is 0 Å². The molecule has 2 aromatic rings. The molecule has 1 aromatic heterocycles. The lowest BCUT2D eigenvalue weighted by atomic mass is 9.99. The molecule has 2 heterocycles. The lowest BCUT2D eigenvalue weighted by Gasteiger charge is -2.29. The first-order valence-corrected chi connectivity index (χ1v) is 9.75. The first kappa shape index (κ1) is 20.1. The molecule has 3 rings (SSSR count). The summed E-state index contributed by atoms with van der Waals surface area (Å²) in [6.45, 7) is 5.55. The highest BCUT2D eigenvalue weighted by molar-refractivity contribution is 5.79. The van der Waals surface area contributed by atoms with Crippen LogP contribution in [0.1, 0.15) is 11.1 Å². The summed E-state index contributed by atoms with van der Waals surface area (Å²) >= 11 is 0. The molecule has 1 aliphatic rings. The van der Waals surface area contributed by atoms with Crippen LogP contribution in [0.5, 0.6) is 11.5 Å². The number of benzene rings is 1. The van der Waals surface area contributed by atoms with E-state index in [1.54, 1.807) is 14.2 Å². The number of aromatic nitrogens is 1. The minimum atomic E-state index is 0.800. The normalized spacial score (nSPS) is 14.5. The fraction of sp³-hybridized carbons (Fsp3) is 0.476. The smallest absolute Gasteiger partial charge is 0.191 e. The molecule has 2 N–H and O–H groups in total. The van der Waals surface area contributed by atoms with Gasteiger partial charge in [0.25, 0.3) is 0 Å². The van der Waals surface area contributed by atoms with E-state index in [1.807, 2.05) is 19.2 Å². The van der Waals surface area contributed by atoms with Gasteiger partial charge >= 0.3 is 0 Å². The molecule has 0 aliphatic carbocycles. The Morgan fingerprint density at radius 3 is 2.29 bits per heavy atom. The number of ether oxygens (including phenoxy) is 2. The quantitative estimate of drug-likeness (QED) is 0.535. The number of aliphatic imine (C=N–C) groups is 1. The van der Waals surface area contributed by atoms with Crippen molar-refractivity contribution in [2.24, 2.45) is 4.99 Å². The highest BCUT2D eigenvalue weighted by atomic mass is 16.5. The molecular weight excluding hydrogens is 354 g/mol. The standard InChI is InChI=1S/C21H31N5O2/c1-22-21(23-7-12-25-9-4-5-10-25)24-8-13-26-11-6-17-14-19(27-2)20(28-3)15-18(17)16-26/h4-5,9-10,14-15H,6-8,11-13,16H2,1-3H3,(H2,22,23,24). The monoisotopic (exact) mass is 385 g/mol. The minimum Gasteiger partial charge on any atom is -0.493 e. The van der Waals surface area contributed by atoms with Gasteiger partial charge in [-0.1, -0.05) is 0 Å². The summed E-state index contributed by atoms with van der Waals surface area (Å²) in [6.07, 6.45) is 5.16. The van der Waals surface area contributed by atoms with Crippen LogP contribution >= 0.6 is 0 Å². The average molecular weight is 386 g/mol. The van der Waals surface area contributed by atoms with Crippen molar-refractivity contribution in [2.75, 3.05) is 47.4 Å². The molecule has 0 bridgehead atoms. The van der Waals surface area contributed by atoms with Gasteiger partial charge in [0.2, 0.25) is 0 Å². The molecule has 0 amide bonds. The van der Waals surface area contributed by atoms with Gasteiger partial charge in [-0.2, -0.15) is 0 Å². The average Bonchev–Trinajstić information content (AvgIpc) is 3.25. The van der Waals surface area contributed by atoms with Crippen molar-refractivity contribution in [1.82, 2.24) is 20.1 Å². The molecule has 28 heavy (non-hydrogen) atoms.